The van der Waals surface area contributed by atoms with Gasteiger partial charge in [-0.05, 0) is 24.3 Å². The first kappa shape index (κ1) is 21.1. The Balaban J connectivity index is 3.10. The molecule has 4 heteroatoms. The molecule has 0 heterocycles. The highest BCUT2D eigenvalue weighted by Crippen LogP contribution is 2.22. The van der Waals surface area contributed by atoms with Crippen LogP contribution in [0.4, 0.5) is 0 Å². The zero-order valence-electron chi connectivity index (χ0n) is 14.9. The molecule has 0 fully saturated rings. The maximum Gasteiger partial charge on any atom is 0.108 e. The molecule has 0 amide bonds. The Morgan fingerprint density at radius 1 is 0.450 bits per heavy atom. The van der Waals surface area contributed by atoms with Crippen molar-refractivity contribution in [2.24, 2.45) is 0 Å². The van der Waals surface area contributed by atoms with Gasteiger partial charge in [0.2, 0.25) is 0 Å². The zero-order valence-corrected chi connectivity index (χ0v) is 18.5. The van der Waals surface area contributed by atoms with Crippen molar-refractivity contribution in [3.63, 3.8) is 0 Å². The van der Waals surface area contributed by atoms with E-state index in [0.29, 0.717) is 0 Å². The largest absolute Gasteiger partial charge is 0.186 e. The summed E-state index contributed by atoms with van der Waals surface area (Å²) in [7, 11) is -1.69. The van der Waals surface area contributed by atoms with Gasteiger partial charge in [0.25, 0.3) is 0 Å². The molecule has 0 aliphatic rings. The second kappa shape index (κ2) is 11.7. The summed E-state index contributed by atoms with van der Waals surface area (Å²) in [6.07, 6.45) is 11.7. The van der Waals surface area contributed by atoms with Crippen molar-refractivity contribution in [1.82, 2.24) is 0 Å². The summed E-state index contributed by atoms with van der Waals surface area (Å²) in [5, 5.41) is 0. The van der Waals surface area contributed by atoms with Gasteiger partial charge in [-0.25, -0.2) is 0 Å². The summed E-state index contributed by atoms with van der Waals surface area (Å²) in [6.45, 7) is 14.7. The molecule has 0 aliphatic carbocycles. The summed E-state index contributed by atoms with van der Waals surface area (Å²) in [5.74, 6) is 2.81. The Hall–Kier alpha value is 1.13. The molecule has 0 atom stereocenters. The Bertz CT molecular complexity index is 195. The number of unbranched alkanes of at least 4 members (excludes halogenated alkanes) is 7. The van der Waals surface area contributed by atoms with E-state index in [2.05, 4.69) is 61.7 Å². The predicted octanol–water partition coefficient (Wildman–Crippen LogP) is 7.24. The van der Waals surface area contributed by atoms with Crippen LogP contribution in [0.2, 0.25) is 39.3 Å². The van der Waals surface area contributed by atoms with Crippen LogP contribution in [0.3, 0.4) is 0 Å². The van der Waals surface area contributed by atoms with Crippen molar-refractivity contribution < 1.29 is 0 Å². The minimum Gasteiger partial charge on any atom is -0.186 e. The maximum absolute atomic E-state index is 2.46. The molecular weight excluding hydrogens is 312 g/mol. The topological polar surface area (TPSA) is 0 Å². The first-order valence-corrected chi connectivity index (χ1v) is 18.9. The Morgan fingerprint density at radius 2 is 0.700 bits per heavy atom. The summed E-state index contributed by atoms with van der Waals surface area (Å²) >= 11 is 4.51. The molecular formula is C16H38S2Si2. The molecule has 0 aromatic heterocycles. The second-order valence-corrected chi connectivity index (χ2v) is 26.7. The van der Waals surface area contributed by atoms with Gasteiger partial charge in [0, 0.05) is 0 Å². The van der Waals surface area contributed by atoms with Crippen molar-refractivity contribution in [3.05, 3.63) is 0 Å². The number of rotatable bonds is 13. The average Bonchev–Trinajstić information content (AvgIpc) is 2.27. The summed E-state index contributed by atoms with van der Waals surface area (Å²) < 4.78 is 0. The van der Waals surface area contributed by atoms with E-state index in [-0.39, 0.29) is 0 Å². The van der Waals surface area contributed by atoms with Crippen molar-refractivity contribution in [1.29, 1.82) is 0 Å². The molecule has 0 aliphatic heterocycles. The normalized spacial score (nSPS) is 12.9. The van der Waals surface area contributed by atoms with Crippen molar-refractivity contribution in [2.45, 2.75) is 90.6 Å². The predicted molar refractivity (Wildman–Crippen MR) is 109 cm³/mol. The van der Waals surface area contributed by atoms with Gasteiger partial charge in [0.15, 0.2) is 0 Å². The van der Waals surface area contributed by atoms with E-state index in [9.17, 15) is 0 Å². The molecule has 0 spiro atoms. The van der Waals surface area contributed by atoms with E-state index in [0.717, 1.165) is 0 Å². The molecule has 0 radical (unpaired) electrons. The van der Waals surface area contributed by atoms with Gasteiger partial charge in [-0.1, -0.05) is 77.8 Å². The monoisotopic (exact) mass is 350 g/mol. The van der Waals surface area contributed by atoms with Crippen LogP contribution < -0.4 is 0 Å². The molecule has 0 N–H and O–H groups in total. The first-order valence-electron chi connectivity index (χ1n) is 8.49. The van der Waals surface area contributed by atoms with Crippen LogP contribution in [0.5, 0.6) is 0 Å². The summed E-state index contributed by atoms with van der Waals surface area (Å²) in [4.78, 5) is 0. The fourth-order valence-electron chi connectivity index (χ4n) is 2.02. The minimum absolute atomic E-state index is 0.847. The molecule has 0 saturated carbocycles. The summed E-state index contributed by atoms with van der Waals surface area (Å²) in [6, 6.07) is 0. The average molecular weight is 351 g/mol. The minimum atomic E-state index is -0.847. The van der Waals surface area contributed by atoms with E-state index < -0.39 is 14.4 Å². The lowest BCUT2D eigenvalue weighted by Crippen LogP contribution is -2.14. The lowest BCUT2D eigenvalue weighted by Gasteiger charge is -2.14. The molecule has 0 rings (SSSR count). The van der Waals surface area contributed by atoms with Crippen molar-refractivity contribution in [3.8, 4) is 0 Å². The van der Waals surface area contributed by atoms with Crippen LogP contribution in [0.1, 0.15) is 51.4 Å². The van der Waals surface area contributed by atoms with E-state index in [1.807, 2.05) is 0 Å². The van der Waals surface area contributed by atoms with E-state index in [1.165, 1.54) is 62.9 Å². The van der Waals surface area contributed by atoms with E-state index in [1.54, 1.807) is 0 Å². The van der Waals surface area contributed by atoms with Gasteiger partial charge in [0.1, 0.15) is 14.4 Å². The fourth-order valence-corrected chi connectivity index (χ4v) is 8.48. The van der Waals surface area contributed by atoms with Gasteiger partial charge in [-0.15, -0.1) is 0 Å². The van der Waals surface area contributed by atoms with Crippen LogP contribution >= 0.6 is 22.4 Å². The highest BCUT2D eigenvalue weighted by atomic mass is 32.4. The molecule has 0 aromatic carbocycles. The molecule has 0 saturated heterocycles. The lowest BCUT2D eigenvalue weighted by atomic mass is 10.1. The van der Waals surface area contributed by atoms with Crippen molar-refractivity contribution in [2.75, 3.05) is 11.5 Å². The molecule has 20 heavy (non-hydrogen) atoms. The smallest absolute Gasteiger partial charge is 0.108 e. The van der Waals surface area contributed by atoms with Crippen LogP contribution in [-0.4, -0.2) is 26.0 Å². The van der Waals surface area contributed by atoms with Gasteiger partial charge in [-0.2, -0.15) is 22.4 Å². The molecule has 122 valence electrons. The Labute approximate surface area is 139 Å². The third kappa shape index (κ3) is 19.1. The molecule has 0 unspecified atom stereocenters. The Morgan fingerprint density at radius 3 is 0.950 bits per heavy atom. The molecule has 0 bridgehead atoms. The first-order chi connectivity index (χ1) is 9.21. The van der Waals surface area contributed by atoms with E-state index >= 15 is 0 Å². The highest BCUT2D eigenvalue weighted by molar-refractivity contribution is 8.28. The van der Waals surface area contributed by atoms with Gasteiger partial charge < -0.3 is 0 Å². The number of hydrogen-bond donors (Lipinski definition) is 0. The quantitative estimate of drug-likeness (QED) is 0.253. The highest BCUT2D eigenvalue weighted by Gasteiger charge is 2.13. The van der Waals surface area contributed by atoms with Crippen LogP contribution in [-0.2, 0) is 0 Å². The van der Waals surface area contributed by atoms with Crippen LogP contribution in [0, 0.1) is 0 Å². The van der Waals surface area contributed by atoms with Gasteiger partial charge in [0.05, 0.1) is 0 Å². The molecule has 0 aromatic rings. The Kier molecular flexibility index (Phi) is 12.3. The molecule has 0 nitrogen and oxygen atoms in total. The van der Waals surface area contributed by atoms with Gasteiger partial charge >= 0.3 is 0 Å². The van der Waals surface area contributed by atoms with Crippen LogP contribution in [0.25, 0.3) is 0 Å². The third-order valence-electron chi connectivity index (χ3n) is 3.11. The zero-order chi connectivity index (χ0) is 15.5. The van der Waals surface area contributed by atoms with Crippen LogP contribution in [0.15, 0.2) is 0 Å². The van der Waals surface area contributed by atoms with Gasteiger partial charge in [-0.3, -0.25) is 0 Å². The SMILES string of the molecule is C[Si](C)(C)SCCCCCCCCCCS[Si](C)(C)C. The third-order valence-corrected chi connectivity index (χ3v) is 12.2. The van der Waals surface area contributed by atoms with E-state index in [4.69, 9.17) is 0 Å². The fraction of sp³-hybridized carbons (Fsp3) is 1.00. The number of hydrogen-bond acceptors (Lipinski definition) is 2. The standard InChI is InChI=1S/C16H38S2Si2/c1-19(2,3)17-15-13-11-9-7-8-10-12-14-16-18-20(4,5)6/h7-16H2,1-6H3. The second-order valence-electron chi connectivity index (χ2n) is 7.75. The summed E-state index contributed by atoms with van der Waals surface area (Å²) in [5.41, 5.74) is 0. The van der Waals surface area contributed by atoms with Crippen molar-refractivity contribution >= 4 is 36.9 Å². The lowest BCUT2D eigenvalue weighted by molar-refractivity contribution is 0.588. The maximum atomic E-state index is 2.46.